The molecule has 0 heterocycles. The van der Waals surface area contributed by atoms with Crippen LogP contribution in [0.3, 0.4) is 0 Å². The number of esters is 1. The van der Waals surface area contributed by atoms with Gasteiger partial charge in [-0.15, -0.1) is 0 Å². The normalized spacial score (nSPS) is 11.4. The largest absolute Gasteiger partial charge is 0.466 e. The number of rotatable bonds is 9. The zero-order valence-electron chi connectivity index (χ0n) is 19.6. The van der Waals surface area contributed by atoms with Gasteiger partial charge in [-0.3, -0.25) is 9.59 Å². The highest BCUT2D eigenvalue weighted by atomic mass is 35.5. The van der Waals surface area contributed by atoms with E-state index in [0.29, 0.717) is 34.1 Å². The molecule has 0 bridgehead atoms. The minimum Gasteiger partial charge on any atom is -0.466 e. The average Bonchev–Trinajstić information content (AvgIpc) is 2.69. The van der Waals surface area contributed by atoms with Gasteiger partial charge in [-0.2, -0.15) is 11.8 Å². The third-order valence-electron chi connectivity index (χ3n) is 4.44. The molecule has 7 heteroatoms. The van der Waals surface area contributed by atoms with E-state index in [4.69, 9.17) is 21.1 Å². The maximum absolute atomic E-state index is 12.4. The second-order valence-electron chi connectivity index (χ2n) is 8.74. The third kappa shape index (κ3) is 8.06. The Bertz CT molecular complexity index is 953. The van der Waals surface area contributed by atoms with Gasteiger partial charge in [0, 0.05) is 22.4 Å². The number of nitrogens with one attached hydrogen (secondary N) is 1. The third-order valence-corrected chi connectivity index (χ3v) is 5.90. The van der Waals surface area contributed by atoms with Crippen LogP contribution in [-0.4, -0.2) is 23.7 Å². The highest BCUT2D eigenvalue weighted by molar-refractivity contribution is 7.99. The molecule has 32 heavy (non-hydrogen) atoms. The van der Waals surface area contributed by atoms with Crippen molar-refractivity contribution in [3.8, 4) is 11.5 Å². The van der Waals surface area contributed by atoms with Gasteiger partial charge in [0.1, 0.15) is 11.5 Å². The fourth-order valence-corrected chi connectivity index (χ4v) is 3.57. The first-order chi connectivity index (χ1) is 15.0. The van der Waals surface area contributed by atoms with Crippen LogP contribution >= 0.6 is 23.4 Å². The molecule has 0 unspecified atom stereocenters. The van der Waals surface area contributed by atoms with Crippen molar-refractivity contribution in [1.29, 1.82) is 0 Å². The summed E-state index contributed by atoms with van der Waals surface area (Å²) in [5.74, 6) is 1.49. The van der Waals surface area contributed by atoms with Crippen molar-refractivity contribution in [2.24, 2.45) is 5.41 Å². The first-order valence-electron chi connectivity index (χ1n) is 10.7. The molecule has 5 nitrogen and oxygen atoms in total. The summed E-state index contributed by atoms with van der Waals surface area (Å²) in [5, 5.41) is 3.86. The molecule has 2 rings (SSSR count). The smallest absolute Gasteiger partial charge is 0.310 e. The van der Waals surface area contributed by atoms with Crippen molar-refractivity contribution in [2.45, 2.75) is 59.0 Å². The second kappa shape index (κ2) is 11.6. The van der Waals surface area contributed by atoms with Crippen LogP contribution in [0, 0.1) is 5.41 Å². The molecule has 0 atom stereocenters. The van der Waals surface area contributed by atoms with Gasteiger partial charge in [0.2, 0.25) is 5.91 Å². The molecular weight excluding hydrogens is 446 g/mol. The van der Waals surface area contributed by atoms with E-state index in [1.54, 1.807) is 36.9 Å². The van der Waals surface area contributed by atoms with Crippen LogP contribution in [0.15, 0.2) is 36.4 Å². The minimum absolute atomic E-state index is 0.0525. The van der Waals surface area contributed by atoms with Crippen LogP contribution in [-0.2, 0) is 26.5 Å². The SMILES string of the molecule is CCOC(=O)Cc1ccc(Cl)c(Oc2ccc(NC(=O)C(C)(C)C)cc2CSC(C)C)c1. The standard InChI is InChI=1S/C25H32ClNO4S/c1-7-30-23(28)13-17-8-10-20(26)22(12-17)31-21-11-9-19(27-24(29)25(4,5)6)14-18(21)15-32-16(2)3/h8-12,14,16H,7,13,15H2,1-6H3,(H,27,29). The molecule has 2 aromatic rings. The second-order valence-corrected chi connectivity index (χ2v) is 10.7. The quantitative estimate of drug-likeness (QED) is 0.399. The molecular formula is C25H32ClNO4S. The molecule has 1 amide bonds. The van der Waals surface area contributed by atoms with E-state index < -0.39 is 5.41 Å². The van der Waals surface area contributed by atoms with Gasteiger partial charge in [-0.1, -0.05) is 52.3 Å². The van der Waals surface area contributed by atoms with Gasteiger partial charge in [0.15, 0.2) is 0 Å². The number of carbonyl (C=O) groups is 2. The summed E-state index contributed by atoms with van der Waals surface area (Å²) in [4.78, 5) is 24.2. The Labute approximate surface area is 200 Å². The number of thioether (sulfide) groups is 1. The Morgan fingerprint density at radius 1 is 1.09 bits per heavy atom. The monoisotopic (exact) mass is 477 g/mol. The van der Waals surface area contributed by atoms with Gasteiger partial charge in [-0.05, 0) is 48.1 Å². The van der Waals surface area contributed by atoms with Crippen molar-refractivity contribution >= 4 is 40.9 Å². The van der Waals surface area contributed by atoms with Crippen LogP contribution in [0.25, 0.3) is 0 Å². The topological polar surface area (TPSA) is 64.6 Å². The van der Waals surface area contributed by atoms with E-state index in [-0.39, 0.29) is 18.3 Å². The van der Waals surface area contributed by atoms with Gasteiger partial charge >= 0.3 is 5.97 Å². The Balaban J connectivity index is 2.31. The van der Waals surface area contributed by atoms with E-state index in [0.717, 1.165) is 16.8 Å². The number of benzene rings is 2. The summed E-state index contributed by atoms with van der Waals surface area (Å²) in [6.45, 7) is 12.0. The maximum Gasteiger partial charge on any atom is 0.310 e. The lowest BCUT2D eigenvalue weighted by Crippen LogP contribution is -2.27. The molecule has 0 fully saturated rings. The molecule has 0 spiro atoms. The van der Waals surface area contributed by atoms with E-state index in [1.165, 1.54) is 0 Å². The van der Waals surface area contributed by atoms with E-state index in [2.05, 4.69) is 19.2 Å². The minimum atomic E-state index is -0.491. The first kappa shape index (κ1) is 26.1. The summed E-state index contributed by atoms with van der Waals surface area (Å²) in [6, 6.07) is 10.8. The summed E-state index contributed by atoms with van der Waals surface area (Å²) in [5.41, 5.74) is 1.94. The molecule has 0 aliphatic rings. The molecule has 0 aliphatic heterocycles. The lowest BCUT2D eigenvalue weighted by atomic mass is 9.95. The van der Waals surface area contributed by atoms with Crippen molar-refractivity contribution < 1.29 is 19.1 Å². The van der Waals surface area contributed by atoms with Gasteiger partial charge in [-0.25, -0.2) is 0 Å². The number of anilines is 1. The molecule has 1 N–H and O–H groups in total. The van der Waals surface area contributed by atoms with E-state index >= 15 is 0 Å². The number of hydrogen-bond donors (Lipinski definition) is 1. The average molecular weight is 478 g/mol. The molecule has 0 aromatic heterocycles. The zero-order chi connectivity index (χ0) is 23.9. The number of amides is 1. The van der Waals surface area contributed by atoms with Crippen LogP contribution in [0.4, 0.5) is 5.69 Å². The van der Waals surface area contributed by atoms with E-state index in [9.17, 15) is 9.59 Å². The Kier molecular flexibility index (Phi) is 9.47. The van der Waals surface area contributed by atoms with Crippen LogP contribution in [0.1, 0.15) is 52.7 Å². The van der Waals surface area contributed by atoms with Crippen LogP contribution in [0.2, 0.25) is 5.02 Å². The van der Waals surface area contributed by atoms with Crippen molar-refractivity contribution in [2.75, 3.05) is 11.9 Å². The van der Waals surface area contributed by atoms with Gasteiger partial charge in [0.05, 0.1) is 18.1 Å². The first-order valence-corrected chi connectivity index (χ1v) is 12.1. The highest BCUT2D eigenvalue weighted by Gasteiger charge is 2.21. The lowest BCUT2D eigenvalue weighted by molar-refractivity contribution is -0.142. The van der Waals surface area contributed by atoms with Crippen LogP contribution < -0.4 is 10.1 Å². The highest BCUT2D eigenvalue weighted by Crippen LogP contribution is 2.35. The summed E-state index contributed by atoms with van der Waals surface area (Å²) in [7, 11) is 0. The maximum atomic E-state index is 12.4. The lowest BCUT2D eigenvalue weighted by Gasteiger charge is -2.19. The number of halogens is 1. The van der Waals surface area contributed by atoms with Crippen molar-refractivity contribution in [1.82, 2.24) is 0 Å². The number of ether oxygens (including phenoxy) is 2. The zero-order valence-corrected chi connectivity index (χ0v) is 21.2. The molecule has 0 saturated carbocycles. The summed E-state index contributed by atoms with van der Waals surface area (Å²) in [6.07, 6.45) is 0.148. The van der Waals surface area contributed by atoms with Gasteiger partial charge in [0.25, 0.3) is 0 Å². The predicted molar refractivity (Wildman–Crippen MR) is 133 cm³/mol. The van der Waals surface area contributed by atoms with Crippen LogP contribution in [0.5, 0.6) is 11.5 Å². The summed E-state index contributed by atoms with van der Waals surface area (Å²) < 4.78 is 11.2. The Morgan fingerprint density at radius 2 is 1.81 bits per heavy atom. The Hall–Kier alpha value is -2.18. The molecule has 174 valence electrons. The molecule has 2 aromatic carbocycles. The van der Waals surface area contributed by atoms with Crippen molar-refractivity contribution in [3.05, 3.63) is 52.5 Å². The number of carbonyl (C=O) groups excluding carboxylic acids is 2. The predicted octanol–water partition coefficient (Wildman–Crippen LogP) is 6.86. The van der Waals surface area contributed by atoms with Gasteiger partial charge < -0.3 is 14.8 Å². The number of hydrogen-bond acceptors (Lipinski definition) is 5. The molecule has 0 saturated heterocycles. The Morgan fingerprint density at radius 3 is 2.44 bits per heavy atom. The fourth-order valence-electron chi connectivity index (χ4n) is 2.68. The fraction of sp³-hybridized carbons (Fsp3) is 0.440. The van der Waals surface area contributed by atoms with Crippen molar-refractivity contribution in [3.63, 3.8) is 0 Å². The van der Waals surface area contributed by atoms with E-state index in [1.807, 2.05) is 39.0 Å². The molecule has 0 radical (unpaired) electrons. The molecule has 0 aliphatic carbocycles. The summed E-state index contributed by atoms with van der Waals surface area (Å²) >= 11 is 8.15.